The van der Waals surface area contributed by atoms with Crippen molar-refractivity contribution in [2.24, 2.45) is 0 Å². The Labute approximate surface area is 110 Å². The van der Waals surface area contributed by atoms with Gasteiger partial charge in [-0.05, 0) is 27.9 Å². The van der Waals surface area contributed by atoms with Gasteiger partial charge < -0.3 is 4.74 Å². The number of hydrogen-bond donors (Lipinski definition) is 0. The third-order valence-electron chi connectivity index (χ3n) is 2.42. The van der Waals surface area contributed by atoms with Crippen LogP contribution in [0.25, 0.3) is 0 Å². The molecule has 0 aliphatic carbocycles. The maximum absolute atomic E-state index is 5.72. The van der Waals surface area contributed by atoms with E-state index in [-0.39, 0.29) is 0 Å². The summed E-state index contributed by atoms with van der Waals surface area (Å²) in [6, 6.07) is 10.1. The fourth-order valence-corrected chi connectivity index (χ4v) is 2.04. The molecule has 2 aromatic rings. The Hall–Kier alpha value is -1.29. The maximum Gasteiger partial charge on any atom is 0.172 e. The Balaban J connectivity index is 2.00. The summed E-state index contributed by atoms with van der Waals surface area (Å²) in [6.07, 6.45) is 2.81. The lowest BCUT2D eigenvalue weighted by Gasteiger charge is -2.05. The van der Waals surface area contributed by atoms with Crippen molar-refractivity contribution >= 4 is 15.9 Å². The molecule has 0 fully saturated rings. The average Bonchev–Trinajstić information content (AvgIpc) is 2.70. The average molecular weight is 295 g/mol. The largest absolute Gasteiger partial charge is 0.484 e. The highest BCUT2D eigenvalue weighted by Crippen LogP contribution is 2.25. The summed E-state index contributed by atoms with van der Waals surface area (Å²) >= 11 is 3.50. The molecule has 0 amide bonds. The standard InChI is InChI=1S/C13H15BrN2O/c1-2-8-16-13(14)12(9-15-16)17-10-11-6-4-3-5-7-11/h3-7,9H,2,8,10H2,1H3. The highest BCUT2D eigenvalue weighted by atomic mass is 79.9. The van der Waals surface area contributed by atoms with Gasteiger partial charge in [0.05, 0.1) is 6.20 Å². The van der Waals surface area contributed by atoms with E-state index in [9.17, 15) is 0 Å². The van der Waals surface area contributed by atoms with E-state index in [1.165, 1.54) is 0 Å². The Kier molecular flexibility index (Phi) is 4.20. The molecule has 1 aromatic heterocycles. The lowest BCUT2D eigenvalue weighted by atomic mass is 10.2. The van der Waals surface area contributed by atoms with Crippen LogP contribution in [-0.4, -0.2) is 9.78 Å². The number of nitrogens with zero attached hydrogens (tertiary/aromatic N) is 2. The van der Waals surface area contributed by atoms with Gasteiger partial charge in [-0.3, -0.25) is 4.68 Å². The molecule has 4 heteroatoms. The van der Waals surface area contributed by atoms with Gasteiger partial charge in [-0.2, -0.15) is 5.10 Å². The van der Waals surface area contributed by atoms with Gasteiger partial charge >= 0.3 is 0 Å². The predicted octanol–water partition coefficient (Wildman–Crippen LogP) is 3.63. The molecule has 0 saturated heterocycles. The fraction of sp³-hybridized carbons (Fsp3) is 0.308. The minimum atomic E-state index is 0.567. The first-order valence-electron chi connectivity index (χ1n) is 5.69. The SMILES string of the molecule is CCCn1ncc(OCc2ccccc2)c1Br. The zero-order chi connectivity index (χ0) is 12.1. The molecule has 0 aliphatic heterocycles. The third kappa shape index (κ3) is 3.09. The molecule has 3 nitrogen and oxygen atoms in total. The van der Waals surface area contributed by atoms with Gasteiger partial charge in [0.15, 0.2) is 5.75 Å². The zero-order valence-electron chi connectivity index (χ0n) is 9.77. The molecule has 90 valence electrons. The van der Waals surface area contributed by atoms with E-state index in [4.69, 9.17) is 4.74 Å². The first kappa shape index (κ1) is 12.2. The number of benzene rings is 1. The summed E-state index contributed by atoms with van der Waals surface area (Å²) < 4.78 is 8.54. The molecule has 0 saturated carbocycles. The minimum Gasteiger partial charge on any atom is -0.484 e. The second kappa shape index (κ2) is 5.87. The zero-order valence-corrected chi connectivity index (χ0v) is 11.4. The second-order valence-corrected chi connectivity index (χ2v) is 4.55. The van der Waals surface area contributed by atoms with Crippen molar-refractivity contribution in [2.75, 3.05) is 0 Å². The van der Waals surface area contributed by atoms with Crippen LogP contribution in [0.1, 0.15) is 18.9 Å². The fourth-order valence-electron chi connectivity index (χ4n) is 1.55. The van der Waals surface area contributed by atoms with Gasteiger partial charge in [0.2, 0.25) is 0 Å². The van der Waals surface area contributed by atoms with Crippen LogP contribution < -0.4 is 4.74 Å². The Bertz CT molecular complexity index is 468. The van der Waals surface area contributed by atoms with Crippen LogP contribution in [0.3, 0.4) is 0 Å². The van der Waals surface area contributed by atoms with Gasteiger partial charge in [-0.1, -0.05) is 37.3 Å². The van der Waals surface area contributed by atoms with Crippen LogP contribution in [0.5, 0.6) is 5.75 Å². The van der Waals surface area contributed by atoms with E-state index in [1.807, 2.05) is 35.0 Å². The molecule has 0 N–H and O–H groups in total. The number of hydrogen-bond acceptors (Lipinski definition) is 2. The first-order chi connectivity index (χ1) is 8.31. The minimum absolute atomic E-state index is 0.567. The van der Waals surface area contributed by atoms with Crippen molar-refractivity contribution in [3.8, 4) is 5.75 Å². The molecular weight excluding hydrogens is 280 g/mol. The Morgan fingerprint density at radius 2 is 2.06 bits per heavy atom. The predicted molar refractivity (Wildman–Crippen MR) is 71.0 cm³/mol. The molecule has 17 heavy (non-hydrogen) atoms. The van der Waals surface area contributed by atoms with Crippen LogP contribution in [0.15, 0.2) is 41.1 Å². The van der Waals surface area contributed by atoms with E-state index >= 15 is 0 Å². The summed E-state index contributed by atoms with van der Waals surface area (Å²) in [6.45, 7) is 3.59. The van der Waals surface area contributed by atoms with Crippen molar-refractivity contribution in [2.45, 2.75) is 26.5 Å². The summed E-state index contributed by atoms with van der Waals surface area (Å²) in [5.74, 6) is 0.794. The van der Waals surface area contributed by atoms with Crippen molar-refractivity contribution in [3.63, 3.8) is 0 Å². The van der Waals surface area contributed by atoms with Crippen LogP contribution in [0.2, 0.25) is 0 Å². The summed E-state index contributed by atoms with van der Waals surface area (Å²) in [5.41, 5.74) is 1.16. The summed E-state index contributed by atoms with van der Waals surface area (Å²) in [4.78, 5) is 0. The molecule has 0 aliphatic rings. The number of halogens is 1. The van der Waals surface area contributed by atoms with E-state index in [0.29, 0.717) is 6.61 Å². The Morgan fingerprint density at radius 3 is 2.76 bits per heavy atom. The molecule has 0 atom stereocenters. The molecule has 2 rings (SSSR count). The molecule has 0 bridgehead atoms. The van der Waals surface area contributed by atoms with Crippen molar-refractivity contribution in [3.05, 3.63) is 46.7 Å². The van der Waals surface area contributed by atoms with Crippen LogP contribution in [0.4, 0.5) is 0 Å². The summed E-state index contributed by atoms with van der Waals surface area (Å²) in [7, 11) is 0. The molecule has 0 radical (unpaired) electrons. The molecule has 1 heterocycles. The van der Waals surface area contributed by atoms with Crippen molar-refractivity contribution in [1.82, 2.24) is 9.78 Å². The van der Waals surface area contributed by atoms with Gasteiger partial charge in [-0.25, -0.2) is 0 Å². The number of aryl methyl sites for hydroxylation is 1. The summed E-state index contributed by atoms with van der Waals surface area (Å²) in [5, 5.41) is 4.26. The van der Waals surface area contributed by atoms with Crippen LogP contribution in [-0.2, 0) is 13.2 Å². The molecule has 1 aromatic carbocycles. The van der Waals surface area contributed by atoms with E-state index in [1.54, 1.807) is 6.20 Å². The highest BCUT2D eigenvalue weighted by Gasteiger charge is 2.08. The molecular formula is C13H15BrN2O. The molecule has 0 spiro atoms. The highest BCUT2D eigenvalue weighted by molar-refractivity contribution is 9.10. The number of rotatable bonds is 5. The monoisotopic (exact) mass is 294 g/mol. The van der Waals surface area contributed by atoms with Crippen LogP contribution in [0, 0.1) is 0 Å². The van der Waals surface area contributed by atoms with Gasteiger partial charge in [0.1, 0.15) is 11.2 Å². The number of aromatic nitrogens is 2. The second-order valence-electron chi connectivity index (χ2n) is 3.80. The van der Waals surface area contributed by atoms with E-state index < -0.39 is 0 Å². The first-order valence-corrected chi connectivity index (χ1v) is 6.48. The Morgan fingerprint density at radius 1 is 1.29 bits per heavy atom. The van der Waals surface area contributed by atoms with Gasteiger partial charge in [0, 0.05) is 6.54 Å². The van der Waals surface area contributed by atoms with Crippen LogP contribution >= 0.6 is 15.9 Å². The topological polar surface area (TPSA) is 27.1 Å². The number of ether oxygens (including phenoxy) is 1. The quantitative estimate of drug-likeness (QED) is 0.842. The van der Waals surface area contributed by atoms with Gasteiger partial charge in [0.25, 0.3) is 0 Å². The smallest absolute Gasteiger partial charge is 0.172 e. The van der Waals surface area contributed by atoms with E-state index in [0.717, 1.165) is 28.9 Å². The third-order valence-corrected chi connectivity index (χ3v) is 3.22. The normalized spacial score (nSPS) is 10.5. The van der Waals surface area contributed by atoms with E-state index in [2.05, 4.69) is 28.0 Å². The van der Waals surface area contributed by atoms with Crippen molar-refractivity contribution < 1.29 is 4.74 Å². The van der Waals surface area contributed by atoms with Crippen molar-refractivity contribution in [1.29, 1.82) is 0 Å². The lowest BCUT2D eigenvalue weighted by molar-refractivity contribution is 0.303. The lowest BCUT2D eigenvalue weighted by Crippen LogP contribution is -1.99. The molecule has 0 unspecified atom stereocenters. The maximum atomic E-state index is 5.72. The van der Waals surface area contributed by atoms with Gasteiger partial charge in [-0.15, -0.1) is 0 Å².